The van der Waals surface area contributed by atoms with Crippen LogP contribution in [0.1, 0.15) is 86.5 Å². The second-order valence-corrected chi connectivity index (χ2v) is 9.21. The zero-order valence-corrected chi connectivity index (χ0v) is 19.6. The molecule has 0 rings (SSSR count). The van der Waals surface area contributed by atoms with Crippen LogP contribution in [-0.4, -0.2) is 42.3 Å². The quantitative estimate of drug-likeness (QED) is 0.318. The lowest BCUT2D eigenvalue weighted by Crippen LogP contribution is -2.55. The minimum absolute atomic E-state index is 0.0941. The summed E-state index contributed by atoms with van der Waals surface area (Å²) in [5, 5.41) is 8.14. The first-order valence-electron chi connectivity index (χ1n) is 11.1. The van der Waals surface area contributed by atoms with Gasteiger partial charge in [-0.2, -0.15) is 0 Å². The predicted octanol–water partition coefficient (Wildman–Crippen LogP) is 2.65. The van der Waals surface area contributed by atoms with E-state index in [1.54, 1.807) is 20.8 Å². The molecule has 0 heterocycles. The molecule has 0 aromatic carbocycles. The van der Waals surface area contributed by atoms with Gasteiger partial charge in [0.2, 0.25) is 11.8 Å². The fraction of sp³-hybridized carbons (Fsp3) is 0.818. The molecule has 0 bridgehead atoms. The molecule has 5 N–H and O–H groups in total. The number of carbonyl (C=O) groups is 4. The van der Waals surface area contributed by atoms with Crippen molar-refractivity contribution in [2.45, 2.75) is 98.6 Å². The van der Waals surface area contributed by atoms with Gasteiger partial charge in [0, 0.05) is 18.4 Å². The summed E-state index contributed by atoms with van der Waals surface area (Å²) in [5.41, 5.74) is 4.43. The van der Waals surface area contributed by atoms with E-state index < -0.39 is 23.5 Å². The van der Waals surface area contributed by atoms with Crippen molar-refractivity contribution in [2.75, 3.05) is 6.54 Å². The molecule has 0 unspecified atom stereocenters. The lowest BCUT2D eigenvalue weighted by atomic mass is 9.84. The van der Waals surface area contributed by atoms with Crippen LogP contribution in [0.2, 0.25) is 0 Å². The Bertz CT molecular complexity index is 570. The lowest BCUT2D eigenvalue weighted by Gasteiger charge is -2.28. The number of hydrogen-bond acceptors (Lipinski definition) is 4. The molecule has 0 spiro atoms. The van der Waals surface area contributed by atoms with Gasteiger partial charge in [-0.05, 0) is 25.2 Å². The molecule has 2 atom stereocenters. The van der Waals surface area contributed by atoms with Crippen LogP contribution >= 0.6 is 0 Å². The maximum absolute atomic E-state index is 12.9. The number of urea groups is 1. The van der Waals surface area contributed by atoms with Crippen molar-refractivity contribution in [3.8, 4) is 0 Å². The lowest BCUT2D eigenvalue weighted by molar-refractivity contribution is -0.135. The van der Waals surface area contributed by atoms with Crippen LogP contribution in [0.3, 0.4) is 0 Å². The van der Waals surface area contributed by atoms with Crippen LogP contribution in [0.5, 0.6) is 0 Å². The van der Waals surface area contributed by atoms with E-state index in [2.05, 4.69) is 22.9 Å². The van der Waals surface area contributed by atoms with Gasteiger partial charge in [-0.15, -0.1) is 0 Å². The SMILES string of the molecule is CCCCCCC(=O)N[C@H](C(=O)N[C@@H](CCCNC(N)=O)C(=O)C(C)(C)C)C(C)C. The summed E-state index contributed by atoms with van der Waals surface area (Å²) in [6.07, 6.45) is 5.22. The first-order valence-corrected chi connectivity index (χ1v) is 11.1. The highest BCUT2D eigenvalue weighted by molar-refractivity contribution is 5.94. The van der Waals surface area contributed by atoms with Crippen LogP contribution in [0.15, 0.2) is 0 Å². The molecule has 0 aliphatic rings. The number of amides is 4. The second kappa shape index (κ2) is 14.0. The maximum Gasteiger partial charge on any atom is 0.312 e. The fourth-order valence-electron chi connectivity index (χ4n) is 3.06. The number of carbonyl (C=O) groups excluding carboxylic acids is 4. The molecular formula is C22H42N4O4. The monoisotopic (exact) mass is 426 g/mol. The van der Waals surface area contributed by atoms with E-state index in [1.165, 1.54) is 0 Å². The average Bonchev–Trinajstić information content (AvgIpc) is 2.63. The van der Waals surface area contributed by atoms with Crippen LogP contribution in [0, 0.1) is 11.3 Å². The van der Waals surface area contributed by atoms with Gasteiger partial charge in [-0.25, -0.2) is 4.79 Å². The van der Waals surface area contributed by atoms with E-state index in [0.717, 1.165) is 25.7 Å². The summed E-state index contributed by atoms with van der Waals surface area (Å²) in [7, 11) is 0. The Labute approximate surface area is 181 Å². The topological polar surface area (TPSA) is 130 Å². The third kappa shape index (κ3) is 11.8. The summed E-state index contributed by atoms with van der Waals surface area (Å²) in [6, 6.07) is -2.03. The third-order valence-corrected chi connectivity index (χ3v) is 4.86. The molecule has 0 saturated carbocycles. The number of nitrogens with one attached hydrogen (secondary N) is 3. The van der Waals surface area contributed by atoms with Gasteiger partial charge in [-0.3, -0.25) is 14.4 Å². The highest BCUT2D eigenvalue weighted by Gasteiger charge is 2.33. The molecule has 4 amide bonds. The highest BCUT2D eigenvalue weighted by atomic mass is 16.2. The number of hydrogen-bond donors (Lipinski definition) is 4. The van der Waals surface area contributed by atoms with Crippen molar-refractivity contribution in [3.63, 3.8) is 0 Å². The molecule has 174 valence electrons. The molecule has 0 aliphatic heterocycles. The smallest absolute Gasteiger partial charge is 0.312 e. The molecule has 0 saturated heterocycles. The van der Waals surface area contributed by atoms with Crippen LogP contribution in [0.4, 0.5) is 4.79 Å². The molecule has 8 nitrogen and oxygen atoms in total. The van der Waals surface area contributed by atoms with Crippen LogP contribution < -0.4 is 21.7 Å². The van der Waals surface area contributed by atoms with Crippen molar-refractivity contribution in [1.29, 1.82) is 0 Å². The second-order valence-electron chi connectivity index (χ2n) is 9.21. The highest BCUT2D eigenvalue weighted by Crippen LogP contribution is 2.19. The molecule has 0 aromatic rings. The van der Waals surface area contributed by atoms with E-state index in [0.29, 0.717) is 25.8 Å². The normalized spacial score (nSPS) is 13.4. The van der Waals surface area contributed by atoms with Crippen molar-refractivity contribution < 1.29 is 19.2 Å². The Balaban J connectivity index is 5.03. The minimum atomic E-state index is -0.706. The van der Waals surface area contributed by atoms with Gasteiger partial charge in [0.05, 0.1) is 6.04 Å². The van der Waals surface area contributed by atoms with E-state index in [1.807, 2.05) is 13.8 Å². The molecule has 0 aliphatic carbocycles. The summed E-state index contributed by atoms with van der Waals surface area (Å²) in [4.78, 5) is 48.8. The Morgan fingerprint density at radius 1 is 0.933 bits per heavy atom. The van der Waals surface area contributed by atoms with Crippen molar-refractivity contribution in [2.24, 2.45) is 17.1 Å². The minimum Gasteiger partial charge on any atom is -0.352 e. The number of nitrogens with two attached hydrogens (primary N) is 1. The van der Waals surface area contributed by atoms with E-state index in [-0.39, 0.29) is 23.5 Å². The van der Waals surface area contributed by atoms with Gasteiger partial charge < -0.3 is 21.7 Å². The molecule has 30 heavy (non-hydrogen) atoms. The van der Waals surface area contributed by atoms with Gasteiger partial charge in [0.25, 0.3) is 0 Å². The molecule has 0 aromatic heterocycles. The van der Waals surface area contributed by atoms with Crippen LogP contribution in [-0.2, 0) is 14.4 Å². The Morgan fingerprint density at radius 2 is 1.57 bits per heavy atom. The van der Waals surface area contributed by atoms with Crippen molar-refractivity contribution >= 4 is 23.6 Å². The summed E-state index contributed by atoms with van der Waals surface area (Å²) < 4.78 is 0. The predicted molar refractivity (Wildman–Crippen MR) is 119 cm³/mol. The summed E-state index contributed by atoms with van der Waals surface area (Å²) in [6.45, 7) is 11.5. The van der Waals surface area contributed by atoms with Gasteiger partial charge in [0.1, 0.15) is 6.04 Å². The zero-order chi connectivity index (χ0) is 23.3. The van der Waals surface area contributed by atoms with E-state index in [9.17, 15) is 19.2 Å². The number of rotatable bonds is 14. The van der Waals surface area contributed by atoms with E-state index in [4.69, 9.17) is 5.73 Å². The third-order valence-electron chi connectivity index (χ3n) is 4.86. The summed E-state index contributed by atoms with van der Waals surface area (Å²) in [5.74, 6) is -0.725. The average molecular weight is 427 g/mol. The first-order chi connectivity index (χ1) is 13.9. The molecule has 8 heteroatoms. The first kappa shape index (κ1) is 27.9. The van der Waals surface area contributed by atoms with E-state index >= 15 is 0 Å². The van der Waals surface area contributed by atoms with Crippen LogP contribution in [0.25, 0.3) is 0 Å². The Hall–Kier alpha value is -2.12. The molecule has 0 radical (unpaired) electrons. The van der Waals surface area contributed by atoms with Gasteiger partial charge >= 0.3 is 6.03 Å². The Kier molecular flexibility index (Phi) is 13.0. The fourth-order valence-corrected chi connectivity index (χ4v) is 3.06. The molecular weight excluding hydrogens is 384 g/mol. The largest absolute Gasteiger partial charge is 0.352 e. The number of unbranched alkanes of at least 4 members (excludes halogenated alkanes) is 3. The van der Waals surface area contributed by atoms with Gasteiger partial charge in [0.15, 0.2) is 5.78 Å². The molecule has 0 fully saturated rings. The standard InChI is InChI=1S/C22H42N4O4/c1-7-8-9-10-13-17(27)26-18(15(2)3)20(29)25-16(19(28)22(4,5)6)12-11-14-24-21(23)30/h15-16,18H,7-14H2,1-6H3,(H,25,29)(H,26,27)(H3,23,24,30)/t16-,18-/m0/s1. The maximum atomic E-state index is 12.9. The summed E-state index contributed by atoms with van der Waals surface area (Å²) >= 11 is 0. The van der Waals surface area contributed by atoms with Gasteiger partial charge in [-0.1, -0.05) is 60.8 Å². The Morgan fingerprint density at radius 3 is 2.07 bits per heavy atom. The number of ketones is 1. The number of Topliss-reactive ketones (excluding diaryl/α,β-unsaturated/α-hetero) is 1. The zero-order valence-electron chi connectivity index (χ0n) is 19.6. The van der Waals surface area contributed by atoms with Crippen molar-refractivity contribution in [3.05, 3.63) is 0 Å². The van der Waals surface area contributed by atoms with Crippen molar-refractivity contribution in [1.82, 2.24) is 16.0 Å². The number of primary amides is 1.